The summed E-state index contributed by atoms with van der Waals surface area (Å²) in [7, 11) is 0. The Morgan fingerprint density at radius 3 is 2.57 bits per heavy atom. The van der Waals surface area contributed by atoms with Crippen molar-refractivity contribution >= 4 is 0 Å². The van der Waals surface area contributed by atoms with Crippen molar-refractivity contribution in [2.75, 3.05) is 13.1 Å². The minimum atomic E-state index is -0.220. The van der Waals surface area contributed by atoms with Gasteiger partial charge >= 0.3 is 0 Å². The van der Waals surface area contributed by atoms with Crippen molar-refractivity contribution in [3.8, 4) is 6.07 Å². The van der Waals surface area contributed by atoms with Gasteiger partial charge in [0.1, 0.15) is 0 Å². The second-order valence-electron chi connectivity index (χ2n) is 7.94. The summed E-state index contributed by atoms with van der Waals surface area (Å²) in [6.45, 7) is 11.0. The van der Waals surface area contributed by atoms with Crippen molar-refractivity contribution in [3.05, 3.63) is 0 Å². The molecule has 2 aliphatic rings. The fraction of sp³-hybridized carbons (Fsp3) is 0.944. The summed E-state index contributed by atoms with van der Waals surface area (Å²) in [4.78, 5) is 2.50. The second-order valence-corrected chi connectivity index (χ2v) is 7.94. The molecule has 3 nitrogen and oxygen atoms in total. The molecule has 5 atom stereocenters. The normalized spacial score (nSPS) is 36.4. The molecule has 2 rings (SSSR count). The summed E-state index contributed by atoms with van der Waals surface area (Å²) >= 11 is 0. The van der Waals surface area contributed by atoms with Crippen LogP contribution >= 0.6 is 0 Å². The molecule has 1 heterocycles. The Labute approximate surface area is 130 Å². The average molecular weight is 292 g/mol. The number of nitrogens with zero attached hydrogens (tertiary/aromatic N) is 2. The lowest BCUT2D eigenvalue weighted by molar-refractivity contribution is 0.0554. The van der Waals surface area contributed by atoms with Gasteiger partial charge in [0.15, 0.2) is 0 Å². The first kappa shape index (κ1) is 16.8. The fourth-order valence-corrected chi connectivity index (χ4v) is 4.21. The predicted octanol–water partition coefficient (Wildman–Crippen LogP) is 3.43. The molecule has 1 saturated carbocycles. The molecule has 1 N–H and O–H groups in total. The Morgan fingerprint density at radius 2 is 2.05 bits per heavy atom. The Kier molecular flexibility index (Phi) is 5.33. The third kappa shape index (κ3) is 3.60. The predicted molar refractivity (Wildman–Crippen MR) is 85.7 cm³/mol. The minimum Gasteiger partial charge on any atom is -0.393 e. The lowest BCUT2D eigenvalue weighted by Gasteiger charge is -2.44. The molecule has 0 aromatic heterocycles. The highest BCUT2D eigenvalue weighted by Gasteiger charge is 2.41. The Balaban J connectivity index is 2.06. The van der Waals surface area contributed by atoms with E-state index < -0.39 is 0 Å². The first-order valence-corrected chi connectivity index (χ1v) is 8.70. The zero-order valence-corrected chi connectivity index (χ0v) is 14.2. The number of aliphatic hydroxyl groups excluding tert-OH is 1. The van der Waals surface area contributed by atoms with Crippen LogP contribution in [-0.2, 0) is 0 Å². The lowest BCUT2D eigenvalue weighted by Crippen LogP contribution is -2.45. The molecule has 2 fully saturated rings. The third-order valence-corrected chi connectivity index (χ3v) is 6.41. The van der Waals surface area contributed by atoms with E-state index in [9.17, 15) is 10.4 Å². The number of likely N-dealkylation sites (tertiary alicyclic amines) is 1. The van der Waals surface area contributed by atoms with Gasteiger partial charge in [0, 0.05) is 12.6 Å². The largest absolute Gasteiger partial charge is 0.393 e. The summed E-state index contributed by atoms with van der Waals surface area (Å²) < 4.78 is 0. The van der Waals surface area contributed by atoms with E-state index in [-0.39, 0.29) is 12.0 Å². The van der Waals surface area contributed by atoms with E-state index in [2.05, 4.69) is 31.7 Å². The highest BCUT2D eigenvalue weighted by Crippen LogP contribution is 2.44. The van der Waals surface area contributed by atoms with Crippen LogP contribution < -0.4 is 0 Å². The Hall–Kier alpha value is -0.590. The molecule has 0 aromatic carbocycles. The van der Waals surface area contributed by atoms with E-state index >= 15 is 0 Å². The molecule has 0 aromatic rings. The molecule has 0 bridgehead atoms. The van der Waals surface area contributed by atoms with Gasteiger partial charge in [-0.05, 0) is 56.4 Å². The smallest absolute Gasteiger partial charge is 0.0672 e. The lowest BCUT2D eigenvalue weighted by atomic mass is 9.66. The molecular weight excluding hydrogens is 260 g/mol. The van der Waals surface area contributed by atoms with E-state index in [4.69, 9.17) is 0 Å². The van der Waals surface area contributed by atoms with Gasteiger partial charge in [-0.1, -0.05) is 27.2 Å². The maximum Gasteiger partial charge on any atom is 0.0672 e. The van der Waals surface area contributed by atoms with E-state index in [0.29, 0.717) is 17.4 Å². The van der Waals surface area contributed by atoms with Crippen molar-refractivity contribution in [2.45, 2.75) is 71.9 Å². The fourth-order valence-electron chi connectivity index (χ4n) is 4.21. The van der Waals surface area contributed by atoms with Crippen LogP contribution in [0.2, 0.25) is 0 Å². The number of nitriles is 1. The maximum absolute atomic E-state index is 9.82. The molecule has 1 saturated heterocycles. The summed E-state index contributed by atoms with van der Waals surface area (Å²) in [5.41, 5.74) is 0.377. The number of hydrogen-bond acceptors (Lipinski definition) is 3. The summed E-state index contributed by atoms with van der Waals surface area (Å²) in [6, 6.07) is 2.97. The summed E-state index contributed by atoms with van der Waals surface area (Å²) in [5, 5.41) is 19.3. The minimum absolute atomic E-state index is 0.182. The van der Waals surface area contributed by atoms with Crippen LogP contribution in [0, 0.1) is 34.5 Å². The van der Waals surface area contributed by atoms with Crippen molar-refractivity contribution in [1.29, 1.82) is 5.26 Å². The monoisotopic (exact) mass is 292 g/mol. The maximum atomic E-state index is 9.82. The SMILES string of the molecule is CCC(C)(C)C1CCC(C#N)C(N2CCC(C(C)O)C2)C1. The van der Waals surface area contributed by atoms with Crippen LogP contribution in [0.1, 0.15) is 59.8 Å². The molecule has 0 amide bonds. The summed E-state index contributed by atoms with van der Waals surface area (Å²) in [5.74, 6) is 1.30. The molecular formula is C18H32N2O. The van der Waals surface area contributed by atoms with E-state index in [1.807, 2.05) is 6.92 Å². The van der Waals surface area contributed by atoms with Crippen LogP contribution in [-0.4, -0.2) is 35.2 Å². The van der Waals surface area contributed by atoms with Crippen molar-refractivity contribution in [3.63, 3.8) is 0 Å². The van der Waals surface area contributed by atoms with Crippen molar-refractivity contribution in [2.24, 2.45) is 23.2 Å². The molecule has 0 spiro atoms. The third-order valence-electron chi connectivity index (χ3n) is 6.41. The van der Waals surface area contributed by atoms with E-state index in [1.165, 1.54) is 12.8 Å². The first-order valence-electron chi connectivity index (χ1n) is 8.70. The Morgan fingerprint density at radius 1 is 1.33 bits per heavy atom. The number of hydrogen-bond donors (Lipinski definition) is 1. The first-order chi connectivity index (χ1) is 9.89. The second kappa shape index (κ2) is 6.67. The highest BCUT2D eigenvalue weighted by molar-refractivity contribution is 5.01. The van der Waals surface area contributed by atoms with Crippen molar-refractivity contribution < 1.29 is 5.11 Å². The summed E-state index contributed by atoms with van der Waals surface area (Å²) in [6.07, 6.45) is 5.47. The number of rotatable bonds is 4. The molecule has 1 aliphatic heterocycles. The van der Waals surface area contributed by atoms with Crippen LogP contribution in [0.25, 0.3) is 0 Å². The average Bonchev–Trinajstić information content (AvgIpc) is 2.96. The van der Waals surface area contributed by atoms with Gasteiger partial charge in [-0.3, -0.25) is 4.90 Å². The van der Waals surface area contributed by atoms with Gasteiger partial charge in [-0.2, -0.15) is 5.26 Å². The molecule has 1 aliphatic carbocycles. The molecule has 120 valence electrons. The highest BCUT2D eigenvalue weighted by atomic mass is 16.3. The van der Waals surface area contributed by atoms with Gasteiger partial charge in [0.2, 0.25) is 0 Å². The van der Waals surface area contributed by atoms with Gasteiger partial charge in [0.25, 0.3) is 0 Å². The zero-order valence-electron chi connectivity index (χ0n) is 14.2. The molecule has 21 heavy (non-hydrogen) atoms. The Bertz CT molecular complexity index is 385. The molecule has 5 unspecified atom stereocenters. The van der Waals surface area contributed by atoms with Crippen molar-refractivity contribution in [1.82, 2.24) is 4.90 Å². The van der Waals surface area contributed by atoms with Gasteiger partial charge < -0.3 is 5.11 Å². The van der Waals surface area contributed by atoms with Crippen LogP contribution in [0.3, 0.4) is 0 Å². The van der Waals surface area contributed by atoms with Crippen LogP contribution in [0.5, 0.6) is 0 Å². The topological polar surface area (TPSA) is 47.3 Å². The standard InChI is InChI=1S/C18H32N2O/c1-5-18(3,4)16-7-6-14(11-19)17(10-16)20-9-8-15(12-20)13(2)21/h13-17,21H,5-10,12H2,1-4H3. The zero-order chi connectivity index (χ0) is 15.6. The van der Waals surface area contributed by atoms with E-state index in [1.54, 1.807) is 0 Å². The van der Waals surface area contributed by atoms with Gasteiger partial charge in [-0.25, -0.2) is 0 Å². The van der Waals surface area contributed by atoms with Crippen LogP contribution in [0.4, 0.5) is 0 Å². The van der Waals surface area contributed by atoms with Gasteiger partial charge in [0.05, 0.1) is 18.1 Å². The quantitative estimate of drug-likeness (QED) is 0.863. The number of aliphatic hydroxyl groups is 1. The van der Waals surface area contributed by atoms with E-state index in [0.717, 1.165) is 38.3 Å². The molecule has 0 radical (unpaired) electrons. The van der Waals surface area contributed by atoms with Gasteiger partial charge in [-0.15, -0.1) is 0 Å². The van der Waals surface area contributed by atoms with Crippen LogP contribution in [0.15, 0.2) is 0 Å². The molecule has 3 heteroatoms.